The minimum Gasteiger partial charge on any atom is -0.493 e. The Morgan fingerprint density at radius 3 is 2.83 bits per heavy atom. The van der Waals surface area contributed by atoms with E-state index in [9.17, 15) is 0 Å². The van der Waals surface area contributed by atoms with Crippen LogP contribution in [-0.2, 0) is 0 Å². The molecule has 1 aromatic rings. The number of piperazine rings is 1. The first-order valence-electron chi connectivity index (χ1n) is 8.38. The van der Waals surface area contributed by atoms with E-state index in [1.165, 1.54) is 11.1 Å². The lowest BCUT2D eigenvalue weighted by Crippen LogP contribution is -2.52. The molecule has 0 bridgehead atoms. The number of amidine groups is 1. The molecule has 0 aromatic heterocycles. The molecule has 0 radical (unpaired) electrons. The van der Waals surface area contributed by atoms with Crippen molar-refractivity contribution in [2.24, 2.45) is 0 Å². The first kappa shape index (κ1) is 16.4. The Labute approximate surface area is 144 Å². The molecule has 1 saturated heterocycles. The highest BCUT2D eigenvalue weighted by Gasteiger charge is 2.23. The number of ether oxygens (including phenoxy) is 1. The molecule has 1 aromatic carbocycles. The fraction of sp³-hybridized carbons (Fsp3) is 0.500. The van der Waals surface area contributed by atoms with E-state index in [1.54, 1.807) is 0 Å². The lowest BCUT2D eigenvalue weighted by atomic mass is 10.0. The van der Waals surface area contributed by atoms with E-state index in [-0.39, 0.29) is 0 Å². The van der Waals surface area contributed by atoms with Gasteiger partial charge in [-0.2, -0.15) is 0 Å². The van der Waals surface area contributed by atoms with E-state index in [1.807, 2.05) is 12.1 Å². The maximum atomic E-state index is 5.82. The molecule has 0 spiro atoms. The van der Waals surface area contributed by atoms with Gasteiger partial charge in [0.1, 0.15) is 18.8 Å². The normalized spacial score (nSPS) is 28.6. The van der Waals surface area contributed by atoms with E-state index in [4.69, 9.17) is 4.74 Å². The lowest BCUT2D eigenvalue weighted by Gasteiger charge is -2.27. The van der Waals surface area contributed by atoms with Gasteiger partial charge in [0.05, 0.1) is 12.8 Å². The lowest BCUT2D eigenvalue weighted by molar-refractivity contribution is -0.542. The van der Waals surface area contributed by atoms with Gasteiger partial charge in [0, 0.05) is 23.2 Å². The number of para-hydroxylation sites is 1. The summed E-state index contributed by atoms with van der Waals surface area (Å²) in [6, 6.07) is 9.20. The van der Waals surface area contributed by atoms with Crippen LogP contribution in [0.1, 0.15) is 32.3 Å². The number of benzene rings is 1. The molecular formula is C18H26N3OS+. The molecule has 0 saturated carbocycles. The molecule has 4 nitrogen and oxygen atoms in total. The number of nitrogens with one attached hydrogen (secondary N) is 2. The second kappa shape index (κ2) is 7.41. The number of hydrogen-bond donors (Lipinski definition) is 3. The zero-order valence-electron chi connectivity index (χ0n) is 13.9. The molecule has 0 amide bonds. The summed E-state index contributed by atoms with van der Waals surface area (Å²) < 4.78 is 8.11. The van der Waals surface area contributed by atoms with Crippen LogP contribution in [-0.4, -0.2) is 41.5 Å². The van der Waals surface area contributed by atoms with Crippen LogP contribution in [0.25, 0.3) is 5.57 Å². The van der Waals surface area contributed by atoms with Gasteiger partial charge in [-0.15, -0.1) is 0 Å². The van der Waals surface area contributed by atoms with Crippen molar-refractivity contribution in [2.75, 3.05) is 19.7 Å². The van der Waals surface area contributed by atoms with Gasteiger partial charge in [-0.25, -0.2) is 5.32 Å². The summed E-state index contributed by atoms with van der Waals surface area (Å²) in [5.74, 6) is 0.975. The van der Waals surface area contributed by atoms with Crippen LogP contribution in [0.15, 0.2) is 30.5 Å². The molecule has 0 aliphatic carbocycles. The molecule has 23 heavy (non-hydrogen) atoms. The van der Waals surface area contributed by atoms with Gasteiger partial charge in [0.15, 0.2) is 0 Å². The molecule has 2 heterocycles. The third-order valence-electron chi connectivity index (χ3n) is 4.31. The Morgan fingerprint density at radius 1 is 1.30 bits per heavy atom. The van der Waals surface area contributed by atoms with Gasteiger partial charge in [0.2, 0.25) is 0 Å². The summed E-state index contributed by atoms with van der Waals surface area (Å²) in [6.07, 6.45) is 4.14. The highest BCUT2D eigenvalue weighted by molar-refractivity contribution is 7.96. The summed E-state index contributed by atoms with van der Waals surface area (Å²) in [7, 11) is 0. The zero-order chi connectivity index (χ0) is 16.2. The molecule has 2 N–H and O–H groups in total. The number of allylic oxidation sites excluding steroid dienone is 1. The van der Waals surface area contributed by atoms with Gasteiger partial charge in [-0.05, 0) is 32.8 Å². The molecule has 2 aliphatic rings. The van der Waals surface area contributed by atoms with Gasteiger partial charge in [-0.1, -0.05) is 30.8 Å². The summed E-state index contributed by atoms with van der Waals surface area (Å²) in [5.41, 5.74) is 2.46. The molecule has 2 aliphatic heterocycles. The fourth-order valence-corrected chi connectivity index (χ4v) is 3.56. The Hall–Kier alpha value is -1.46. The molecule has 3 rings (SSSR count). The van der Waals surface area contributed by atoms with Crippen molar-refractivity contribution < 1.29 is 9.31 Å². The van der Waals surface area contributed by atoms with Crippen molar-refractivity contribution in [3.63, 3.8) is 0 Å². The summed E-state index contributed by atoms with van der Waals surface area (Å²) >= 11 is 4.68. The molecular weight excluding hydrogens is 306 g/mol. The average Bonchev–Trinajstić information content (AvgIpc) is 2.74. The largest absolute Gasteiger partial charge is 0.493 e. The third-order valence-corrected chi connectivity index (χ3v) is 4.73. The quantitative estimate of drug-likeness (QED) is 0.420. The standard InChI is InChI=1S/C18H25N3OS/c1-13-11-21(12-14(2)20-13)18(23)19-10-15-6-5-9-22-17-8-4-3-7-16(15)17/h3-4,7-8,10,13-14,20H,5-6,9,11-12H2,1-2H3,(H,19,23)/p+1/b15-10-/t13-,14+. The number of fused-ring (bicyclic) bond motifs is 1. The van der Waals surface area contributed by atoms with Gasteiger partial charge < -0.3 is 10.1 Å². The summed E-state index contributed by atoms with van der Waals surface area (Å²) in [4.78, 5) is 0. The monoisotopic (exact) mass is 332 g/mol. The van der Waals surface area contributed by atoms with Crippen molar-refractivity contribution in [1.82, 2.24) is 10.6 Å². The summed E-state index contributed by atoms with van der Waals surface area (Å²) in [5, 5.41) is 7.85. The highest BCUT2D eigenvalue weighted by atomic mass is 32.1. The Morgan fingerprint density at radius 2 is 2.04 bits per heavy atom. The first-order chi connectivity index (χ1) is 11.1. The molecule has 2 atom stereocenters. The number of hydrogen-bond acceptors (Lipinski definition) is 2. The third kappa shape index (κ3) is 4.09. The van der Waals surface area contributed by atoms with Crippen LogP contribution in [0.2, 0.25) is 0 Å². The molecule has 124 valence electrons. The number of rotatable bonds is 1. The van der Waals surface area contributed by atoms with Crippen molar-refractivity contribution in [1.29, 1.82) is 0 Å². The Balaban J connectivity index is 1.79. The van der Waals surface area contributed by atoms with Crippen LogP contribution in [0.5, 0.6) is 5.75 Å². The second-order valence-electron chi connectivity index (χ2n) is 6.46. The first-order valence-corrected chi connectivity index (χ1v) is 8.83. The van der Waals surface area contributed by atoms with Gasteiger partial charge in [-0.3, -0.25) is 4.58 Å². The van der Waals surface area contributed by atoms with Crippen molar-refractivity contribution in [3.05, 3.63) is 36.0 Å². The molecule has 1 fully saturated rings. The highest BCUT2D eigenvalue weighted by Crippen LogP contribution is 2.31. The van der Waals surface area contributed by atoms with E-state index in [0.29, 0.717) is 12.1 Å². The van der Waals surface area contributed by atoms with E-state index >= 15 is 0 Å². The topological polar surface area (TPSA) is 36.3 Å². The fourth-order valence-electron chi connectivity index (χ4n) is 3.33. The predicted octanol–water partition coefficient (Wildman–Crippen LogP) is 2.47. The predicted molar refractivity (Wildman–Crippen MR) is 98.3 cm³/mol. The average molecular weight is 332 g/mol. The smallest absolute Gasteiger partial charge is 0.307 e. The molecule has 5 heteroatoms. The molecule has 0 unspecified atom stereocenters. The van der Waals surface area contributed by atoms with E-state index in [0.717, 1.165) is 43.5 Å². The van der Waals surface area contributed by atoms with Crippen molar-refractivity contribution in [2.45, 2.75) is 38.8 Å². The van der Waals surface area contributed by atoms with Crippen LogP contribution < -0.4 is 15.4 Å². The van der Waals surface area contributed by atoms with E-state index < -0.39 is 0 Å². The van der Waals surface area contributed by atoms with E-state index in [2.05, 4.69) is 60.0 Å². The zero-order valence-corrected chi connectivity index (χ0v) is 14.8. The number of thiol groups is 1. The number of nitrogens with zero attached hydrogens (tertiary/aromatic N) is 1. The Kier molecular flexibility index (Phi) is 5.28. The maximum Gasteiger partial charge on any atom is 0.307 e. The van der Waals surface area contributed by atoms with Crippen LogP contribution in [0.3, 0.4) is 0 Å². The Bertz CT molecular complexity index is 614. The summed E-state index contributed by atoms with van der Waals surface area (Å²) in [6.45, 7) is 7.14. The maximum absolute atomic E-state index is 5.82. The second-order valence-corrected chi connectivity index (χ2v) is 6.88. The van der Waals surface area contributed by atoms with Gasteiger partial charge >= 0.3 is 5.17 Å². The minimum atomic E-state index is 0.474. The van der Waals surface area contributed by atoms with Gasteiger partial charge in [0.25, 0.3) is 0 Å². The van der Waals surface area contributed by atoms with Crippen molar-refractivity contribution in [3.8, 4) is 5.75 Å². The van der Waals surface area contributed by atoms with Crippen LogP contribution in [0.4, 0.5) is 0 Å². The minimum absolute atomic E-state index is 0.474. The van der Waals surface area contributed by atoms with Crippen molar-refractivity contribution >= 4 is 23.4 Å². The van der Waals surface area contributed by atoms with Crippen LogP contribution in [0, 0.1) is 0 Å². The van der Waals surface area contributed by atoms with Crippen LogP contribution >= 0.6 is 12.6 Å². The SMILES string of the molecule is C[C@@H]1C[N+](=C(S)N/C=C2/CCCOc3ccccc32)C[C@H](C)N1.